The van der Waals surface area contributed by atoms with E-state index in [-0.39, 0.29) is 0 Å². The van der Waals surface area contributed by atoms with Crippen LogP contribution in [0.2, 0.25) is 0 Å². The predicted molar refractivity (Wildman–Crippen MR) is 76.4 cm³/mol. The molecule has 0 heterocycles. The molecule has 0 spiro atoms. The Morgan fingerprint density at radius 3 is 2.53 bits per heavy atom. The molecule has 0 radical (unpaired) electrons. The summed E-state index contributed by atoms with van der Waals surface area (Å²) in [5, 5.41) is 3.59. The Hall–Kier alpha value is -0.0800. The highest BCUT2D eigenvalue weighted by atomic mass is 15.2. The van der Waals surface area contributed by atoms with Crippen LogP contribution in [0.25, 0.3) is 0 Å². The summed E-state index contributed by atoms with van der Waals surface area (Å²) >= 11 is 0. The number of hydrogen-bond donors (Lipinski definition) is 1. The molecule has 2 heteroatoms. The van der Waals surface area contributed by atoms with Crippen molar-refractivity contribution in [2.75, 3.05) is 20.1 Å². The van der Waals surface area contributed by atoms with Gasteiger partial charge in [0.25, 0.3) is 0 Å². The van der Waals surface area contributed by atoms with Crippen molar-refractivity contribution >= 4 is 0 Å². The van der Waals surface area contributed by atoms with Crippen LogP contribution in [0.15, 0.2) is 0 Å². The van der Waals surface area contributed by atoms with Crippen molar-refractivity contribution in [1.29, 1.82) is 0 Å². The fraction of sp³-hybridized carbons (Fsp3) is 1.00. The number of nitrogens with one attached hydrogen (secondary N) is 1. The highest BCUT2D eigenvalue weighted by molar-refractivity contribution is 4.97. The number of unbranched alkanes of at least 4 members (excludes halogenated alkanes) is 1. The van der Waals surface area contributed by atoms with E-state index in [4.69, 9.17) is 0 Å². The van der Waals surface area contributed by atoms with E-state index in [1.807, 2.05) is 0 Å². The van der Waals surface area contributed by atoms with Crippen molar-refractivity contribution in [3.63, 3.8) is 0 Å². The van der Waals surface area contributed by atoms with Crippen molar-refractivity contribution in [2.24, 2.45) is 5.41 Å². The van der Waals surface area contributed by atoms with Gasteiger partial charge in [0.15, 0.2) is 0 Å². The molecule has 2 unspecified atom stereocenters. The molecule has 0 saturated heterocycles. The van der Waals surface area contributed by atoms with Gasteiger partial charge in [0.05, 0.1) is 0 Å². The van der Waals surface area contributed by atoms with Crippen molar-refractivity contribution in [3.8, 4) is 0 Å². The highest BCUT2D eigenvalue weighted by Gasteiger charge is 2.39. The quantitative estimate of drug-likeness (QED) is 0.766. The Kier molecular flexibility index (Phi) is 5.94. The summed E-state index contributed by atoms with van der Waals surface area (Å²) in [7, 11) is 2.14. The maximum Gasteiger partial charge on any atom is 0.0271 e. The van der Waals surface area contributed by atoms with Gasteiger partial charge in [-0.25, -0.2) is 0 Å². The zero-order valence-electron chi connectivity index (χ0n) is 12.6. The summed E-state index contributed by atoms with van der Waals surface area (Å²) in [6, 6.07) is 1.38. The topological polar surface area (TPSA) is 15.3 Å². The Morgan fingerprint density at radius 2 is 2.00 bits per heavy atom. The smallest absolute Gasteiger partial charge is 0.0271 e. The molecule has 102 valence electrons. The molecule has 1 fully saturated rings. The first-order valence-corrected chi connectivity index (χ1v) is 7.48. The van der Waals surface area contributed by atoms with Crippen molar-refractivity contribution in [1.82, 2.24) is 10.2 Å². The second-order valence-corrected chi connectivity index (χ2v) is 6.20. The molecule has 1 saturated carbocycles. The molecule has 1 aliphatic rings. The van der Waals surface area contributed by atoms with Gasteiger partial charge in [0.1, 0.15) is 0 Å². The minimum atomic E-state index is 0.442. The molecule has 0 aliphatic heterocycles. The van der Waals surface area contributed by atoms with E-state index < -0.39 is 0 Å². The first-order valence-electron chi connectivity index (χ1n) is 7.48. The third kappa shape index (κ3) is 3.69. The maximum absolute atomic E-state index is 3.59. The minimum absolute atomic E-state index is 0.442. The summed E-state index contributed by atoms with van der Waals surface area (Å²) in [6.45, 7) is 11.9. The number of hydrogen-bond acceptors (Lipinski definition) is 2. The van der Waals surface area contributed by atoms with Crippen LogP contribution in [0.3, 0.4) is 0 Å². The number of likely N-dealkylation sites (N-methyl/N-ethyl adjacent to an activating group) is 2. The Balaban J connectivity index is 2.70. The molecule has 1 aliphatic carbocycles. The van der Waals surface area contributed by atoms with Gasteiger partial charge in [0.2, 0.25) is 0 Å². The van der Waals surface area contributed by atoms with E-state index in [2.05, 4.69) is 45.0 Å². The lowest BCUT2D eigenvalue weighted by molar-refractivity contribution is 0.0542. The molecule has 0 aromatic rings. The molecular weight excluding hydrogens is 208 g/mol. The van der Waals surface area contributed by atoms with Crippen LogP contribution in [0.1, 0.15) is 59.8 Å². The second-order valence-electron chi connectivity index (χ2n) is 6.20. The van der Waals surface area contributed by atoms with Crippen LogP contribution in [0.4, 0.5) is 0 Å². The lowest BCUT2D eigenvalue weighted by Gasteiger charge is -2.48. The summed E-state index contributed by atoms with van der Waals surface area (Å²) in [5.74, 6) is 0. The third-order valence-electron chi connectivity index (χ3n) is 4.53. The molecule has 0 aromatic carbocycles. The molecule has 1 N–H and O–H groups in total. The Morgan fingerprint density at radius 1 is 1.29 bits per heavy atom. The zero-order chi connectivity index (χ0) is 12.9. The normalized spacial score (nSPS) is 28.6. The van der Waals surface area contributed by atoms with E-state index in [0.717, 1.165) is 6.04 Å². The van der Waals surface area contributed by atoms with Crippen LogP contribution >= 0.6 is 0 Å². The predicted octanol–water partition coefficient (Wildman–Crippen LogP) is 3.28. The fourth-order valence-electron chi connectivity index (χ4n) is 3.51. The van der Waals surface area contributed by atoms with Crippen LogP contribution < -0.4 is 5.32 Å². The van der Waals surface area contributed by atoms with Gasteiger partial charge in [-0.05, 0) is 44.8 Å². The van der Waals surface area contributed by atoms with E-state index in [1.54, 1.807) is 0 Å². The van der Waals surface area contributed by atoms with Gasteiger partial charge >= 0.3 is 0 Å². The first-order chi connectivity index (χ1) is 8.06. The maximum atomic E-state index is 3.59. The van der Waals surface area contributed by atoms with Crippen molar-refractivity contribution < 1.29 is 0 Å². The fourth-order valence-corrected chi connectivity index (χ4v) is 3.51. The summed E-state index contributed by atoms with van der Waals surface area (Å²) in [6.07, 6.45) is 6.75. The SMILES string of the molecule is CCCCN(CC)C1CCCC(C)(C)C1NC. The average Bonchev–Trinajstić information content (AvgIpc) is 2.29. The van der Waals surface area contributed by atoms with E-state index >= 15 is 0 Å². The Labute approximate surface area is 108 Å². The van der Waals surface area contributed by atoms with Crippen molar-refractivity contribution in [3.05, 3.63) is 0 Å². The lowest BCUT2D eigenvalue weighted by atomic mass is 9.70. The van der Waals surface area contributed by atoms with E-state index in [0.29, 0.717) is 11.5 Å². The third-order valence-corrected chi connectivity index (χ3v) is 4.53. The molecule has 0 amide bonds. The number of rotatable bonds is 6. The molecule has 2 atom stereocenters. The molecule has 2 nitrogen and oxygen atoms in total. The zero-order valence-corrected chi connectivity index (χ0v) is 12.6. The van der Waals surface area contributed by atoms with Gasteiger partial charge < -0.3 is 5.32 Å². The minimum Gasteiger partial charge on any atom is -0.315 e. The molecule has 0 bridgehead atoms. The number of nitrogens with zero attached hydrogens (tertiary/aromatic N) is 1. The molecule has 0 aromatic heterocycles. The summed E-state index contributed by atoms with van der Waals surface area (Å²) < 4.78 is 0. The van der Waals surface area contributed by atoms with Gasteiger partial charge in [-0.3, -0.25) is 4.90 Å². The summed E-state index contributed by atoms with van der Waals surface area (Å²) in [4.78, 5) is 2.70. The van der Waals surface area contributed by atoms with Gasteiger partial charge in [-0.15, -0.1) is 0 Å². The molecule has 17 heavy (non-hydrogen) atoms. The largest absolute Gasteiger partial charge is 0.315 e. The first kappa shape index (κ1) is 15.0. The van der Waals surface area contributed by atoms with E-state index in [9.17, 15) is 0 Å². The van der Waals surface area contributed by atoms with E-state index in [1.165, 1.54) is 45.2 Å². The highest BCUT2D eigenvalue weighted by Crippen LogP contribution is 2.37. The van der Waals surface area contributed by atoms with Crippen LogP contribution in [-0.2, 0) is 0 Å². The lowest BCUT2D eigenvalue weighted by Crippen LogP contribution is -2.58. The second kappa shape index (κ2) is 6.75. The van der Waals surface area contributed by atoms with Crippen LogP contribution in [-0.4, -0.2) is 37.1 Å². The standard InChI is InChI=1S/C15H32N2/c1-6-8-12-17(7-2)13-10-9-11-15(3,4)14(13)16-5/h13-14,16H,6-12H2,1-5H3. The molecule has 1 rings (SSSR count). The van der Waals surface area contributed by atoms with Gasteiger partial charge in [-0.1, -0.05) is 40.5 Å². The van der Waals surface area contributed by atoms with Gasteiger partial charge in [-0.2, -0.15) is 0 Å². The summed E-state index contributed by atoms with van der Waals surface area (Å²) in [5.41, 5.74) is 0.442. The average molecular weight is 240 g/mol. The van der Waals surface area contributed by atoms with Gasteiger partial charge in [0, 0.05) is 12.1 Å². The van der Waals surface area contributed by atoms with Crippen LogP contribution in [0, 0.1) is 5.41 Å². The monoisotopic (exact) mass is 240 g/mol. The van der Waals surface area contributed by atoms with Crippen molar-refractivity contribution in [2.45, 2.75) is 71.9 Å². The Bertz CT molecular complexity index is 213. The molecular formula is C15H32N2. The van der Waals surface area contributed by atoms with Crippen LogP contribution in [0.5, 0.6) is 0 Å².